The molecule has 0 bridgehead atoms. The van der Waals surface area contributed by atoms with E-state index in [0.29, 0.717) is 19.4 Å². The number of carbonyl (C=O) groups excluding carboxylic acids is 2. The van der Waals surface area contributed by atoms with Crippen molar-refractivity contribution in [2.75, 3.05) is 6.61 Å². The van der Waals surface area contributed by atoms with Crippen molar-refractivity contribution < 1.29 is 14.3 Å². The number of tetrazole rings is 1. The second kappa shape index (κ2) is 11.7. The number of benzene rings is 3. The highest BCUT2D eigenvalue weighted by molar-refractivity contribution is 5.93. The molecule has 1 heterocycles. The van der Waals surface area contributed by atoms with E-state index in [1.54, 1.807) is 6.92 Å². The number of aryl methyl sites for hydroxylation is 1. The molecule has 0 spiro atoms. The molecule has 1 aromatic heterocycles. The van der Waals surface area contributed by atoms with Gasteiger partial charge in [-0.05, 0) is 47.2 Å². The predicted molar refractivity (Wildman–Crippen MR) is 131 cm³/mol. The summed E-state index contributed by atoms with van der Waals surface area (Å²) in [5.41, 5.74) is 4.30. The van der Waals surface area contributed by atoms with E-state index in [9.17, 15) is 9.59 Å². The lowest BCUT2D eigenvalue weighted by atomic mass is 10.0. The molecule has 1 unspecified atom stereocenters. The average Bonchev–Trinajstić information content (AvgIpc) is 3.36. The third kappa shape index (κ3) is 6.60. The van der Waals surface area contributed by atoms with Crippen molar-refractivity contribution >= 4 is 11.9 Å². The second-order valence-electron chi connectivity index (χ2n) is 8.01. The Morgan fingerprint density at radius 1 is 0.886 bits per heavy atom. The fraction of sp³-hybridized carbons (Fsp3) is 0.222. The van der Waals surface area contributed by atoms with Crippen molar-refractivity contribution in [1.82, 2.24) is 25.5 Å². The van der Waals surface area contributed by atoms with Crippen molar-refractivity contribution in [3.63, 3.8) is 0 Å². The summed E-state index contributed by atoms with van der Waals surface area (Å²) in [6.45, 7) is 2.35. The normalized spacial score (nSPS) is 11.6. The van der Waals surface area contributed by atoms with Crippen LogP contribution in [0.4, 0.5) is 0 Å². The fourth-order valence-electron chi connectivity index (χ4n) is 3.67. The lowest BCUT2D eigenvalue weighted by Gasteiger charge is -2.16. The molecule has 4 aromatic rings. The summed E-state index contributed by atoms with van der Waals surface area (Å²) in [6, 6.07) is 27.1. The Hall–Kier alpha value is -4.33. The molecular weight excluding hydrogens is 442 g/mol. The maximum atomic E-state index is 12.7. The quantitative estimate of drug-likeness (QED) is 0.356. The standard InChI is InChI=1S/C27H27N5O3/c1-2-35-27(34)24(18-15-20-13-16-23(17-14-20)22-11-7-4-8-12-22)28-26(33)25-29-31-32(30-25)19-21-9-5-3-6-10-21/h3-14,16-17,24H,2,15,18-19H2,1H3,(H,28,33). The third-order valence-corrected chi connectivity index (χ3v) is 5.48. The molecule has 0 radical (unpaired) electrons. The first-order valence-corrected chi connectivity index (χ1v) is 11.6. The third-order valence-electron chi connectivity index (χ3n) is 5.48. The topological polar surface area (TPSA) is 99.0 Å². The van der Waals surface area contributed by atoms with E-state index in [0.717, 1.165) is 22.3 Å². The molecule has 178 valence electrons. The van der Waals surface area contributed by atoms with Gasteiger partial charge in [0.15, 0.2) is 0 Å². The van der Waals surface area contributed by atoms with Gasteiger partial charge in [0.2, 0.25) is 0 Å². The van der Waals surface area contributed by atoms with Crippen LogP contribution >= 0.6 is 0 Å². The molecule has 0 aliphatic heterocycles. The number of nitrogens with one attached hydrogen (secondary N) is 1. The van der Waals surface area contributed by atoms with Gasteiger partial charge in [0.05, 0.1) is 13.2 Å². The molecule has 0 aliphatic rings. The SMILES string of the molecule is CCOC(=O)C(CCc1ccc(-c2ccccc2)cc1)NC(=O)c1nnn(Cc2ccccc2)n1. The van der Waals surface area contributed by atoms with Gasteiger partial charge >= 0.3 is 5.97 Å². The van der Waals surface area contributed by atoms with Gasteiger partial charge in [-0.1, -0.05) is 84.9 Å². The van der Waals surface area contributed by atoms with Gasteiger partial charge < -0.3 is 10.1 Å². The number of esters is 1. The molecule has 35 heavy (non-hydrogen) atoms. The molecule has 1 atom stereocenters. The van der Waals surface area contributed by atoms with E-state index >= 15 is 0 Å². The van der Waals surface area contributed by atoms with Gasteiger partial charge in [0.25, 0.3) is 11.7 Å². The van der Waals surface area contributed by atoms with Crippen molar-refractivity contribution in [3.05, 3.63) is 102 Å². The Balaban J connectivity index is 1.38. The van der Waals surface area contributed by atoms with Crippen LogP contribution in [-0.2, 0) is 22.5 Å². The second-order valence-corrected chi connectivity index (χ2v) is 8.01. The molecule has 1 N–H and O–H groups in total. The lowest BCUT2D eigenvalue weighted by Crippen LogP contribution is -2.42. The first kappa shape index (κ1) is 23.8. The molecule has 0 fully saturated rings. The van der Waals surface area contributed by atoms with Crippen LogP contribution in [-0.4, -0.2) is 44.7 Å². The number of ether oxygens (including phenoxy) is 1. The van der Waals surface area contributed by atoms with Gasteiger partial charge in [-0.2, -0.15) is 4.80 Å². The highest BCUT2D eigenvalue weighted by Crippen LogP contribution is 2.20. The van der Waals surface area contributed by atoms with Crippen LogP contribution < -0.4 is 5.32 Å². The largest absolute Gasteiger partial charge is 0.464 e. The molecule has 3 aromatic carbocycles. The Labute approximate surface area is 203 Å². The van der Waals surface area contributed by atoms with E-state index < -0.39 is 17.9 Å². The van der Waals surface area contributed by atoms with Crippen LogP contribution in [0.1, 0.15) is 35.1 Å². The summed E-state index contributed by atoms with van der Waals surface area (Å²) in [5, 5.41) is 14.7. The molecule has 8 heteroatoms. The van der Waals surface area contributed by atoms with Crippen LogP contribution in [0.5, 0.6) is 0 Å². The van der Waals surface area contributed by atoms with Gasteiger partial charge in [-0.3, -0.25) is 4.79 Å². The summed E-state index contributed by atoms with van der Waals surface area (Å²) in [7, 11) is 0. The highest BCUT2D eigenvalue weighted by atomic mass is 16.5. The van der Waals surface area contributed by atoms with E-state index in [1.165, 1.54) is 4.80 Å². The van der Waals surface area contributed by atoms with E-state index in [2.05, 4.69) is 45.0 Å². The minimum Gasteiger partial charge on any atom is -0.464 e. The van der Waals surface area contributed by atoms with E-state index in [-0.39, 0.29) is 12.4 Å². The molecule has 0 saturated heterocycles. The van der Waals surface area contributed by atoms with Crippen LogP contribution in [0.2, 0.25) is 0 Å². The smallest absolute Gasteiger partial charge is 0.328 e. The Morgan fingerprint density at radius 3 is 2.23 bits per heavy atom. The number of nitrogens with zero attached hydrogens (tertiary/aromatic N) is 4. The number of rotatable bonds is 10. The zero-order valence-electron chi connectivity index (χ0n) is 19.5. The lowest BCUT2D eigenvalue weighted by molar-refractivity contribution is -0.145. The van der Waals surface area contributed by atoms with Crippen molar-refractivity contribution in [1.29, 1.82) is 0 Å². The van der Waals surface area contributed by atoms with Crippen molar-refractivity contribution in [2.45, 2.75) is 32.4 Å². The van der Waals surface area contributed by atoms with Gasteiger partial charge in [-0.25, -0.2) is 4.79 Å². The van der Waals surface area contributed by atoms with Crippen molar-refractivity contribution in [3.8, 4) is 11.1 Å². The van der Waals surface area contributed by atoms with Crippen LogP contribution in [0.25, 0.3) is 11.1 Å². The van der Waals surface area contributed by atoms with Gasteiger partial charge in [-0.15, -0.1) is 10.2 Å². The summed E-state index contributed by atoms with van der Waals surface area (Å²) >= 11 is 0. The molecular formula is C27H27N5O3. The number of aromatic nitrogens is 4. The first-order chi connectivity index (χ1) is 17.1. The average molecular weight is 470 g/mol. The summed E-state index contributed by atoms with van der Waals surface area (Å²) in [4.78, 5) is 26.6. The fourth-order valence-corrected chi connectivity index (χ4v) is 3.67. The Kier molecular flexibility index (Phi) is 7.96. The molecule has 4 rings (SSSR count). The maximum Gasteiger partial charge on any atom is 0.328 e. The highest BCUT2D eigenvalue weighted by Gasteiger charge is 2.24. The first-order valence-electron chi connectivity index (χ1n) is 11.6. The minimum absolute atomic E-state index is 0.0950. The molecule has 0 saturated carbocycles. The Bertz CT molecular complexity index is 1240. The molecule has 1 amide bonds. The van der Waals surface area contributed by atoms with Crippen LogP contribution in [0.15, 0.2) is 84.9 Å². The number of carbonyl (C=O) groups is 2. The number of amides is 1. The molecule has 0 aliphatic carbocycles. The summed E-state index contributed by atoms with van der Waals surface area (Å²) in [5.74, 6) is -1.15. The van der Waals surface area contributed by atoms with Crippen LogP contribution in [0.3, 0.4) is 0 Å². The summed E-state index contributed by atoms with van der Waals surface area (Å²) in [6.07, 6.45) is 0.973. The van der Waals surface area contributed by atoms with Gasteiger partial charge in [0, 0.05) is 0 Å². The summed E-state index contributed by atoms with van der Waals surface area (Å²) < 4.78 is 5.18. The zero-order chi connectivity index (χ0) is 24.5. The van der Waals surface area contributed by atoms with Gasteiger partial charge in [0.1, 0.15) is 6.04 Å². The van der Waals surface area contributed by atoms with E-state index in [1.807, 2.05) is 60.7 Å². The predicted octanol–water partition coefficient (Wildman–Crippen LogP) is 3.68. The maximum absolute atomic E-state index is 12.7. The number of hydrogen-bond acceptors (Lipinski definition) is 6. The monoisotopic (exact) mass is 469 g/mol. The Morgan fingerprint density at radius 2 is 1.54 bits per heavy atom. The number of hydrogen-bond donors (Lipinski definition) is 1. The van der Waals surface area contributed by atoms with E-state index in [4.69, 9.17) is 4.74 Å². The van der Waals surface area contributed by atoms with Crippen molar-refractivity contribution in [2.24, 2.45) is 0 Å². The molecule has 8 nitrogen and oxygen atoms in total. The zero-order valence-corrected chi connectivity index (χ0v) is 19.5. The van der Waals surface area contributed by atoms with Crippen LogP contribution in [0, 0.1) is 0 Å². The minimum atomic E-state index is -0.822.